The van der Waals surface area contributed by atoms with Gasteiger partial charge in [-0.15, -0.1) is 0 Å². The average Bonchev–Trinajstić information content (AvgIpc) is 3.08. The van der Waals surface area contributed by atoms with Crippen LogP contribution in [0.1, 0.15) is 29.2 Å². The fourth-order valence-electron chi connectivity index (χ4n) is 5.56. The zero-order chi connectivity index (χ0) is 32.0. The molecule has 0 aliphatic rings. The number of nitrogens with zero attached hydrogens (tertiary/aromatic N) is 3. The second-order valence-electron chi connectivity index (χ2n) is 11.7. The lowest BCUT2D eigenvalue weighted by Crippen LogP contribution is -2.13. The Labute approximate surface area is 274 Å². The van der Waals surface area contributed by atoms with Crippen LogP contribution in [-0.4, -0.2) is 0 Å². The van der Waals surface area contributed by atoms with Crippen LogP contribution < -0.4 is 14.7 Å². The van der Waals surface area contributed by atoms with Gasteiger partial charge in [0.25, 0.3) is 0 Å². The highest BCUT2D eigenvalue weighted by Gasteiger charge is 2.16. The van der Waals surface area contributed by atoms with Crippen molar-refractivity contribution in [3.63, 3.8) is 0 Å². The summed E-state index contributed by atoms with van der Waals surface area (Å²) < 4.78 is 0. The third-order valence-corrected chi connectivity index (χ3v) is 8.12. The summed E-state index contributed by atoms with van der Waals surface area (Å²) in [6.07, 6.45) is 0. The first-order valence-corrected chi connectivity index (χ1v) is 15.7. The Morgan fingerprint density at radius 1 is 0.304 bits per heavy atom. The van der Waals surface area contributed by atoms with Gasteiger partial charge in [0.1, 0.15) is 0 Å². The minimum Gasteiger partial charge on any atom is -0.311 e. The third-order valence-electron chi connectivity index (χ3n) is 8.12. The first kappa shape index (κ1) is 30.3. The summed E-state index contributed by atoms with van der Waals surface area (Å²) in [7, 11) is 0. The molecule has 6 aromatic carbocycles. The van der Waals surface area contributed by atoms with Crippen molar-refractivity contribution in [3.8, 4) is 12.0 Å². The van der Waals surface area contributed by atoms with Gasteiger partial charge in [-0.2, -0.15) is 0 Å². The molecule has 0 saturated heterocycles. The van der Waals surface area contributed by atoms with Crippen molar-refractivity contribution < 1.29 is 0 Å². The van der Waals surface area contributed by atoms with Crippen molar-refractivity contribution in [2.24, 2.45) is 0 Å². The quantitative estimate of drug-likeness (QED) is 0.128. The highest BCUT2D eigenvalue weighted by molar-refractivity contribution is 5.81. The lowest BCUT2D eigenvalue weighted by molar-refractivity contribution is 1.25. The van der Waals surface area contributed by atoms with Crippen LogP contribution in [0.2, 0.25) is 0 Å². The number of hydrogen-bond acceptors (Lipinski definition) is 3. The van der Waals surface area contributed by atoms with Gasteiger partial charge in [-0.1, -0.05) is 76.7 Å². The number of aryl methyl sites for hydroxylation is 4. The van der Waals surface area contributed by atoms with Gasteiger partial charge in [0.05, 0.1) is 11.4 Å². The molecule has 0 aliphatic heterocycles. The van der Waals surface area contributed by atoms with E-state index in [0.717, 1.165) is 45.5 Å². The van der Waals surface area contributed by atoms with Gasteiger partial charge in [0, 0.05) is 40.2 Å². The molecule has 0 radical (unpaired) electrons. The van der Waals surface area contributed by atoms with Crippen molar-refractivity contribution in [3.05, 3.63) is 168 Å². The molecule has 0 aromatic heterocycles. The Hall–Kier alpha value is -5.72. The largest absolute Gasteiger partial charge is 0.311 e. The predicted octanol–water partition coefficient (Wildman–Crippen LogP) is 12.0. The van der Waals surface area contributed by atoms with Crippen LogP contribution in [0.3, 0.4) is 0 Å². The first-order chi connectivity index (χ1) is 22.4. The SMILES string of the molecule is CC#CN(c1ccc(N(c2ccc(C)cc2)c2ccc(C)cc2)cc1)c1ccc(N(c2ccc(C)cc2)c2ccc(C)cc2)cc1. The normalized spacial score (nSPS) is 10.5. The van der Waals surface area contributed by atoms with Gasteiger partial charge in [0.2, 0.25) is 0 Å². The van der Waals surface area contributed by atoms with E-state index in [4.69, 9.17) is 0 Å². The lowest BCUT2D eigenvalue weighted by Gasteiger charge is -2.27. The number of hydrogen-bond donors (Lipinski definition) is 0. The lowest BCUT2D eigenvalue weighted by atomic mass is 10.1. The van der Waals surface area contributed by atoms with E-state index in [-0.39, 0.29) is 0 Å². The molecule has 6 rings (SSSR count). The minimum atomic E-state index is 1.01. The molecule has 3 nitrogen and oxygen atoms in total. The fourth-order valence-corrected chi connectivity index (χ4v) is 5.56. The Bertz CT molecular complexity index is 1710. The van der Waals surface area contributed by atoms with E-state index in [1.165, 1.54) is 22.3 Å². The average molecular weight is 598 g/mol. The van der Waals surface area contributed by atoms with Crippen LogP contribution in [0.15, 0.2) is 146 Å². The molecule has 0 bridgehead atoms. The Morgan fingerprint density at radius 3 is 0.717 bits per heavy atom. The highest BCUT2D eigenvalue weighted by atomic mass is 15.2. The molecule has 0 fully saturated rings. The molecular formula is C43H39N3. The standard InChI is InChI=1S/C43H39N3/c1-6-31-44(36-23-27-42(28-24-36)45(38-15-7-32(2)8-16-38)39-17-9-33(3)10-18-39)37-25-29-43(30-26-37)46(40-19-11-34(4)12-20-40)41-21-13-35(5)14-22-41/h7-30H,1-5H3. The van der Waals surface area contributed by atoms with Crippen LogP contribution in [0.5, 0.6) is 0 Å². The molecule has 0 amide bonds. The highest BCUT2D eigenvalue weighted by Crippen LogP contribution is 2.38. The molecule has 0 atom stereocenters. The van der Waals surface area contributed by atoms with E-state index < -0.39 is 0 Å². The monoisotopic (exact) mass is 597 g/mol. The van der Waals surface area contributed by atoms with E-state index in [1.54, 1.807) is 0 Å². The van der Waals surface area contributed by atoms with Crippen LogP contribution in [0, 0.1) is 39.7 Å². The van der Waals surface area contributed by atoms with Crippen molar-refractivity contribution in [1.82, 2.24) is 0 Å². The maximum absolute atomic E-state index is 3.32. The first-order valence-electron chi connectivity index (χ1n) is 15.7. The van der Waals surface area contributed by atoms with E-state index in [2.05, 4.69) is 200 Å². The molecule has 46 heavy (non-hydrogen) atoms. The van der Waals surface area contributed by atoms with Crippen LogP contribution in [0.4, 0.5) is 45.5 Å². The van der Waals surface area contributed by atoms with E-state index >= 15 is 0 Å². The minimum absolute atomic E-state index is 1.01. The zero-order valence-corrected chi connectivity index (χ0v) is 27.2. The van der Waals surface area contributed by atoms with Gasteiger partial charge in [-0.3, -0.25) is 4.90 Å². The predicted molar refractivity (Wildman–Crippen MR) is 197 cm³/mol. The molecular weight excluding hydrogens is 558 g/mol. The number of anilines is 8. The summed E-state index contributed by atoms with van der Waals surface area (Å²) in [4.78, 5) is 6.63. The van der Waals surface area contributed by atoms with Gasteiger partial charge >= 0.3 is 0 Å². The van der Waals surface area contributed by atoms with E-state index in [9.17, 15) is 0 Å². The maximum Gasteiger partial charge on any atom is 0.0547 e. The molecule has 0 unspecified atom stereocenters. The van der Waals surface area contributed by atoms with Crippen molar-refractivity contribution in [2.45, 2.75) is 34.6 Å². The topological polar surface area (TPSA) is 9.72 Å². The number of benzene rings is 6. The van der Waals surface area contributed by atoms with Crippen molar-refractivity contribution in [2.75, 3.05) is 14.7 Å². The molecule has 0 N–H and O–H groups in total. The summed E-state index contributed by atoms with van der Waals surface area (Å²) in [5.41, 5.74) is 13.6. The van der Waals surface area contributed by atoms with Gasteiger partial charge in [-0.05, 0) is 132 Å². The second kappa shape index (κ2) is 13.5. The molecule has 0 heterocycles. The molecule has 0 spiro atoms. The van der Waals surface area contributed by atoms with E-state index in [0.29, 0.717) is 0 Å². The number of rotatable bonds is 8. The summed E-state index contributed by atoms with van der Waals surface area (Å²) in [6.45, 7) is 10.4. The molecule has 0 saturated carbocycles. The molecule has 3 heteroatoms. The van der Waals surface area contributed by atoms with Crippen LogP contribution in [0.25, 0.3) is 0 Å². The Balaban J connectivity index is 1.33. The molecule has 0 aliphatic carbocycles. The second-order valence-corrected chi connectivity index (χ2v) is 11.7. The Morgan fingerprint density at radius 2 is 0.500 bits per heavy atom. The molecule has 226 valence electrons. The van der Waals surface area contributed by atoms with Crippen LogP contribution >= 0.6 is 0 Å². The fraction of sp³-hybridized carbons (Fsp3) is 0.116. The van der Waals surface area contributed by atoms with E-state index in [1.807, 2.05) is 6.92 Å². The zero-order valence-electron chi connectivity index (χ0n) is 27.2. The van der Waals surface area contributed by atoms with Gasteiger partial charge in [-0.25, -0.2) is 0 Å². The summed E-state index contributed by atoms with van der Waals surface area (Å²) in [5.74, 6) is 3.12. The summed E-state index contributed by atoms with van der Waals surface area (Å²) in [5, 5.41) is 0. The third kappa shape index (κ3) is 6.67. The Kier molecular flexibility index (Phi) is 8.90. The van der Waals surface area contributed by atoms with Gasteiger partial charge < -0.3 is 9.80 Å². The smallest absolute Gasteiger partial charge is 0.0547 e. The van der Waals surface area contributed by atoms with Gasteiger partial charge in [0.15, 0.2) is 0 Å². The molecule has 6 aromatic rings. The maximum atomic E-state index is 3.32. The van der Waals surface area contributed by atoms with Crippen LogP contribution in [-0.2, 0) is 0 Å². The summed E-state index contributed by atoms with van der Waals surface area (Å²) in [6, 6.07) is 55.3. The van der Waals surface area contributed by atoms with Crippen molar-refractivity contribution in [1.29, 1.82) is 0 Å². The summed E-state index contributed by atoms with van der Waals surface area (Å²) >= 11 is 0. The van der Waals surface area contributed by atoms with Crippen molar-refractivity contribution >= 4 is 45.5 Å².